The Labute approximate surface area is 133 Å². The maximum atomic E-state index is 11.6. The van der Waals surface area contributed by atoms with Crippen LogP contribution >= 0.6 is 47.8 Å². The first-order valence-corrected chi connectivity index (χ1v) is 9.56. The summed E-state index contributed by atoms with van der Waals surface area (Å²) in [7, 11) is -2.98. The molecule has 1 atom stereocenters. The van der Waals surface area contributed by atoms with Crippen molar-refractivity contribution in [2.45, 2.75) is 19.9 Å². The maximum absolute atomic E-state index is 11.6. The molecule has 0 aromatic heterocycles. The Kier molecular flexibility index (Phi) is 6.15. The van der Waals surface area contributed by atoms with Crippen LogP contribution in [0.15, 0.2) is 25.6 Å². The van der Waals surface area contributed by atoms with Crippen LogP contribution in [0.1, 0.15) is 13.8 Å². The minimum Gasteiger partial charge on any atom is -0.380 e. The van der Waals surface area contributed by atoms with Crippen LogP contribution in [0.5, 0.6) is 0 Å². The summed E-state index contributed by atoms with van der Waals surface area (Å²) >= 11 is 10.3. The number of hydrogen-bond donors (Lipinski definition) is 1. The molecule has 1 N–H and O–H groups in total. The van der Waals surface area contributed by atoms with Crippen LogP contribution in [0.4, 0.5) is 5.69 Å². The van der Waals surface area contributed by atoms with E-state index in [2.05, 4.69) is 53.1 Å². The third kappa shape index (κ3) is 4.83. The Bertz CT molecular complexity index is 508. The van der Waals surface area contributed by atoms with Gasteiger partial charge in [-0.05, 0) is 50.9 Å². The van der Waals surface area contributed by atoms with Gasteiger partial charge in [0, 0.05) is 25.2 Å². The third-order valence-electron chi connectivity index (χ3n) is 2.34. The van der Waals surface area contributed by atoms with Crippen LogP contribution in [0.3, 0.4) is 0 Å². The highest BCUT2D eigenvalue weighted by molar-refractivity contribution is 9.11. The number of anilines is 1. The summed E-state index contributed by atoms with van der Waals surface area (Å²) in [5.74, 6) is 0.292. The molecule has 1 aromatic rings. The van der Waals surface area contributed by atoms with Crippen LogP contribution in [0.2, 0.25) is 0 Å². The Hall–Kier alpha value is 0.410. The third-order valence-corrected chi connectivity index (χ3v) is 5.94. The quantitative estimate of drug-likeness (QED) is 0.711. The lowest BCUT2D eigenvalue weighted by Crippen LogP contribution is -2.27. The predicted octanol–water partition coefficient (Wildman–Crippen LogP) is 4.21. The molecule has 0 aliphatic heterocycles. The number of halogens is 3. The van der Waals surface area contributed by atoms with Gasteiger partial charge in [-0.3, -0.25) is 0 Å². The average molecular weight is 464 g/mol. The molecule has 0 amide bonds. The zero-order chi connectivity index (χ0) is 13.9. The van der Waals surface area contributed by atoms with Crippen molar-refractivity contribution in [3.63, 3.8) is 0 Å². The summed E-state index contributed by atoms with van der Waals surface area (Å²) in [6, 6.07) is 3.67. The zero-order valence-corrected chi connectivity index (χ0v) is 15.6. The van der Waals surface area contributed by atoms with E-state index in [0.29, 0.717) is 0 Å². The highest BCUT2D eigenvalue weighted by Crippen LogP contribution is 2.34. The molecule has 0 radical (unpaired) electrons. The first kappa shape index (κ1) is 16.5. The van der Waals surface area contributed by atoms with E-state index in [1.165, 1.54) is 0 Å². The van der Waals surface area contributed by atoms with E-state index < -0.39 is 9.84 Å². The van der Waals surface area contributed by atoms with E-state index in [1.54, 1.807) is 6.92 Å². The van der Waals surface area contributed by atoms with Gasteiger partial charge < -0.3 is 5.32 Å². The fraction of sp³-hybridized carbons (Fsp3) is 0.455. The summed E-state index contributed by atoms with van der Waals surface area (Å²) in [6.07, 6.45) is 0. The molecule has 1 unspecified atom stereocenters. The molecule has 18 heavy (non-hydrogen) atoms. The molecule has 7 heteroatoms. The van der Waals surface area contributed by atoms with Gasteiger partial charge >= 0.3 is 0 Å². The summed E-state index contributed by atoms with van der Waals surface area (Å²) < 4.78 is 25.8. The Balaban J connectivity index is 2.86. The molecule has 0 saturated carbocycles. The number of rotatable bonds is 5. The first-order chi connectivity index (χ1) is 8.25. The lowest BCUT2D eigenvalue weighted by atomic mass is 10.3. The average Bonchev–Trinajstić information content (AvgIpc) is 2.22. The Morgan fingerprint density at radius 2 is 1.72 bits per heavy atom. The minimum absolute atomic E-state index is 0.123. The fourth-order valence-corrected chi connectivity index (χ4v) is 5.04. The van der Waals surface area contributed by atoms with Crippen molar-refractivity contribution in [3.05, 3.63) is 25.6 Å². The minimum atomic E-state index is -2.98. The SMILES string of the molecule is CCS(=O)(=O)CC(C)Nc1c(Br)cc(Br)cc1Br. The Morgan fingerprint density at radius 3 is 2.17 bits per heavy atom. The van der Waals surface area contributed by atoms with E-state index in [9.17, 15) is 8.42 Å². The number of benzene rings is 1. The van der Waals surface area contributed by atoms with Gasteiger partial charge in [-0.2, -0.15) is 0 Å². The van der Waals surface area contributed by atoms with Gasteiger partial charge in [0.15, 0.2) is 9.84 Å². The van der Waals surface area contributed by atoms with Crippen molar-refractivity contribution in [1.29, 1.82) is 0 Å². The normalized spacial score (nSPS) is 13.4. The van der Waals surface area contributed by atoms with Gasteiger partial charge in [0.1, 0.15) is 0 Å². The molecule has 0 saturated heterocycles. The summed E-state index contributed by atoms with van der Waals surface area (Å²) in [6.45, 7) is 3.52. The highest BCUT2D eigenvalue weighted by atomic mass is 79.9. The van der Waals surface area contributed by atoms with Crippen molar-refractivity contribution < 1.29 is 8.42 Å². The molecule has 0 fully saturated rings. The monoisotopic (exact) mass is 461 g/mol. The fourth-order valence-electron chi connectivity index (χ4n) is 1.47. The van der Waals surface area contributed by atoms with Crippen LogP contribution in [0, 0.1) is 0 Å². The number of nitrogens with one attached hydrogen (secondary N) is 1. The molecule has 102 valence electrons. The molecule has 1 aromatic carbocycles. The van der Waals surface area contributed by atoms with E-state index in [0.717, 1.165) is 19.1 Å². The molecule has 3 nitrogen and oxygen atoms in total. The van der Waals surface area contributed by atoms with E-state index in [1.807, 2.05) is 19.1 Å². The highest BCUT2D eigenvalue weighted by Gasteiger charge is 2.16. The van der Waals surface area contributed by atoms with Crippen molar-refractivity contribution in [2.75, 3.05) is 16.8 Å². The number of sulfone groups is 1. The van der Waals surface area contributed by atoms with Crippen LogP contribution < -0.4 is 5.32 Å². The molecule has 0 bridgehead atoms. The van der Waals surface area contributed by atoms with Gasteiger partial charge in [-0.15, -0.1) is 0 Å². The lowest BCUT2D eigenvalue weighted by molar-refractivity contribution is 0.593. The summed E-state index contributed by atoms with van der Waals surface area (Å²) in [4.78, 5) is 0. The number of hydrogen-bond acceptors (Lipinski definition) is 3. The van der Waals surface area contributed by atoms with Gasteiger partial charge in [0.2, 0.25) is 0 Å². The van der Waals surface area contributed by atoms with Crippen molar-refractivity contribution in [3.8, 4) is 0 Å². The molecular weight excluding hydrogens is 450 g/mol. The smallest absolute Gasteiger partial charge is 0.152 e. The van der Waals surface area contributed by atoms with Crippen molar-refractivity contribution in [2.24, 2.45) is 0 Å². The van der Waals surface area contributed by atoms with Crippen molar-refractivity contribution in [1.82, 2.24) is 0 Å². The van der Waals surface area contributed by atoms with E-state index >= 15 is 0 Å². The van der Waals surface area contributed by atoms with E-state index in [-0.39, 0.29) is 17.5 Å². The van der Waals surface area contributed by atoms with E-state index in [4.69, 9.17) is 0 Å². The first-order valence-electron chi connectivity index (χ1n) is 5.36. The van der Waals surface area contributed by atoms with Crippen LogP contribution in [-0.2, 0) is 9.84 Å². The van der Waals surface area contributed by atoms with Crippen molar-refractivity contribution >= 4 is 63.3 Å². The summed E-state index contributed by atoms with van der Waals surface area (Å²) in [5.41, 5.74) is 0.858. The molecule has 0 aliphatic rings. The second-order valence-corrected chi connectivity index (χ2v) is 9.01. The summed E-state index contributed by atoms with van der Waals surface area (Å²) in [5, 5.41) is 3.20. The zero-order valence-electron chi connectivity index (χ0n) is 10.0. The predicted molar refractivity (Wildman–Crippen MR) is 87.0 cm³/mol. The van der Waals surface area contributed by atoms with Gasteiger partial charge in [-0.1, -0.05) is 22.9 Å². The van der Waals surface area contributed by atoms with Crippen LogP contribution in [0.25, 0.3) is 0 Å². The standard InChI is InChI=1S/C11H14Br3NO2S/c1-3-18(16,17)6-7(2)15-11-9(13)4-8(12)5-10(11)14/h4-5,7,15H,3,6H2,1-2H3. The molecule has 1 rings (SSSR count). The Morgan fingerprint density at radius 1 is 1.22 bits per heavy atom. The van der Waals surface area contributed by atoms with Gasteiger partial charge in [0.25, 0.3) is 0 Å². The largest absolute Gasteiger partial charge is 0.380 e. The topological polar surface area (TPSA) is 46.2 Å². The lowest BCUT2D eigenvalue weighted by Gasteiger charge is -2.17. The molecule has 0 spiro atoms. The van der Waals surface area contributed by atoms with Crippen LogP contribution in [-0.4, -0.2) is 26.0 Å². The molecule has 0 aliphatic carbocycles. The maximum Gasteiger partial charge on any atom is 0.152 e. The van der Waals surface area contributed by atoms with Gasteiger partial charge in [-0.25, -0.2) is 8.42 Å². The van der Waals surface area contributed by atoms with Gasteiger partial charge in [0.05, 0.1) is 11.4 Å². The second-order valence-electron chi connectivity index (χ2n) is 3.99. The second kappa shape index (κ2) is 6.72. The molecule has 0 heterocycles. The molecular formula is C11H14Br3NO2S.